The molecule has 1 aliphatic heterocycles. The Balaban J connectivity index is 1.70. The zero-order chi connectivity index (χ0) is 17.2. The molecule has 1 heterocycles. The lowest BCUT2D eigenvalue weighted by atomic mass is 10.1. The first-order valence-electron chi connectivity index (χ1n) is 8.38. The van der Waals surface area contributed by atoms with E-state index in [2.05, 4.69) is 10.3 Å². The monoisotopic (exact) mass is 330 g/mol. The molecule has 6 nitrogen and oxygen atoms in total. The first kappa shape index (κ1) is 17.8. The highest BCUT2D eigenvalue weighted by molar-refractivity contribution is 5.78. The topological polar surface area (TPSA) is 80.0 Å². The number of benzene rings is 1. The second-order valence-corrected chi connectivity index (χ2v) is 5.64. The van der Waals surface area contributed by atoms with E-state index < -0.39 is 0 Å². The van der Waals surface area contributed by atoms with Gasteiger partial charge in [0, 0.05) is 19.1 Å². The highest BCUT2D eigenvalue weighted by Gasteiger charge is 2.23. The summed E-state index contributed by atoms with van der Waals surface area (Å²) in [5.41, 5.74) is 7.07. The predicted octanol–water partition coefficient (Wildman–Crippen LogP) is 2.23. The molecule has 2 rings (SSSR count). The van der Waals surface area contributed by atoms with Gasteiger partial charge in [0.25, 0.3) is 0 Å². The molecule has 0 saturated carbocycles. The van der Waals surface area contributed by atoms with E-state index in [4.69, 9.17) is 10.5 Å². The van der Waals surface area contributed by atoms with Crippen molar-refractivity contribution in [2.24, 2.45) is 10.7 Å². The Morgan fingerprint density at radius 3 is 2.75 bits per heavy atom. The van der Waals surface area contributed by atoms with Crippen LogP contribution in [0.5, 0.6) is 0 Å². The second-order valence-electron chi connectivity index (χ2n) is 5.64. The Morgan fingerprint density at radius 2 is 2.08 bits per heavy atom. The van der Waals surface area contributed by atoms with Crippen molar-refractivity contribution >= 4 is 18.1 Å². The van der Waals surface area contributed by atoms with Gasteiger partial charge in [-0.2, -0.15) is 0 Å². The van der Waals surface area contributed by atoms with Crippen LogP contribution in [-0.2, 0) is 4.74 Å². The number of carbonyl (C=O) groups excluding carboxylic acids is 1. The number of carbonyl (C=O) groups is 1. The fraction of sp³-hybridized carbons (Fsp3) is 0.444. The number of amides is 1. The Labute approximate surface area is 143 Å². The molecule has 3 N–H and O–H groups in total. The first-order valence-corrected chi connectivity index (χ1v) is 8.38. The fourth-order valence-electron chi connectivity index (χ4n) is 2.58. The van der Waals surface area contributed by atoms with E-state index in [1.807, 2.05) is 49.4 Å². The zero-order valence-corrected chi connectivity index (χ0v) is 14.1. The van der Waals surface area contributed by atoms with Gasteiger partial charge in [-0.15, -0.1) is 0 Å². The average Bonchev–Trinajstić information content (AvgIpc) is 2.60. The molecule has 0 atom stereocenters. The minimum atomic E-state index is -0.233. The third kappa shape index (κ3) is 5.95. The van der Waals surface area contributed by atoms with Gasteiger partial charge in [0.2, 0.25) is 0 Å². The van der Waals surface area contributed by atoms with Gasteiger partial charge in [0.1, 0.15) is 0 Å². The molecule has 1 aliphatic rings. The summed E-state index contributed by atoms with van der Waals surface area (Å²) in [7, 11) is 0. The summed E-state index contributed by atoms with van der Waals surface area (Å²) in [4.78, 5) is 17.7. The molecule has 24 heavy (non-hydrogen) atoms. The van der Waals surface area contributed by atoms with Crippen LogP contribution < -0.4 is 11.1 Å². The molecule has 130 valence electrons. The van der Waals surface area contributed by atoms with E-state index in [0.717, 1.165) is 18.4 Å². The van der Waals surface area contributed by atoms with Gasteiger partial charge in [-0.25, -0.2) is 9.79 Å². The summed E-state index contributed by atoms with van der Waals surface area (Å²) in [5, 5.41) is 3.22. The molecule has 1 saturated heterocycles. The van der Waals surface area contributed by atoms with Gasteiger partial charge in [-0.1, -0.05) is 42.5 Å². The molecule has 0 spiro atoms. The molecule has 1 aromatic rings. The van der Waals surface area contributed by atoms with Crippen LogP contribution in [0.25, 0.3) is 6.08 Å². The Morgan fingerprint density at radius 1 is 1.38 bits per heavy atom. The lowest BCUT2D eigenvalue weighted by molar-refractivity contribution is 0.0963. The van der Waals surface area contributed by atoms with Crippen molar-refractivity contribution in [2.45, 2.75) is 25.8 Å². The summed E-state index contributed by atoms with van der Waals surface area (Å²) in [6.07, 6.45) is 5.45. The Hall–Kier alpha value is -2.50. The average molecular weight is 330 g/mol. The highest BCUT2D eigenvalue weighted by atomic mass is 16.6. The van der Waals surface area contributed by atoms with E-state index in [1.54, 1.807) is 4.90 Å². The van der Waals surface area contributed by atoms with Gasteiger partial charge >= 0.3 is 6.09 Å². The summed E-state index contributed by atoms with van der Waals surface area (Å²) in [6.45, 7) is 4.12. The molecule has 1 amide bonds. The highest BCUT2D eigenvalue weighted by Crippen LogP contribution is 2.11. The maximum atomic E-state index is 11.6. The van der Waals surface area contributed by atoms with Crippen molar-refractivity contribution in [1.29, 1.82) is 0 Å². The van der Waals surface area contributed by atoms with Crippen LogP contribution in [0.1, 0.15) is 25.3 Å². The van der Waals surface area contributed by atoms with Crippen LogP contribution in [0.3, 0.4) is 0 Å². The van der Waals surface area contributed by atoms with Gasteiger partial charge in [0.15, 0.2) is 5.96 Å². The number of nitrogens with zero attached hydrogens (tertiary/aromatic N) is 2. The van der Waals surface area contributed by atoms with Crippen molar-refractivity contribution in [3.05, 3.63) is 42.0 Å². The van der Waals surface area contributed by atoms with Crippen molar-refractivity contribution in [3.63, 3.8) is 0 Å². The Bertz CT molecular complexity index is 564. The number of nitrogens with one attached hydrogen (secondary N) is 1. The number of hydrogen-bond acceptors (Lipinski definition) is 3. The lowest BCUT2D eigenvalue weighted by Crippen LogP contribution is -2.48. The van der Waals surface area contributed by atoms with Crippen molar-refractivity contribution < 1.29 is 9.53 Å². The smallest absolute Gasteiger partial charge is 0.409 e. The third-order valence-electron chi connectivity index (χ3n) is 3.85. The van der Waals surface area contributed by atoms with Gasteiger partial charge in [0.05, 0.1) is 13.2 Å². The molecular weight excluding hydrogens is 304 g/mol. The molecular formula is C18H26N4O2. The standard InChI is InChI=1S/C18H26N4O2/c1-2-24-18(23)22-13-10-16(11-14-22)21-17(19)20-12-6-9-15-7-4-3-5-8-15/h3-9,16H,2,10-14H2,1H3,(H3,19,20,21). The van der Waals surface area contributed by atoms with E-state index in [0.29, 0.717) is 32.2 Å². The quantitative estimate of drug-likeness (QED) is 0.641. The van der Waals surface area contributed by atoms with E-state index >= 15 is 0 Å². The second kappa shape index (κ2) is 9.60. The largest absolute Gasteiger partial charge is 0.450 e. The molecule has 0 unspecified atom stereocenters. The van der Waals surface area contributed by atoms with Crippen molar-refractivity contribution in [2.75, 3.05) is 26.2 Å². The molecule has 0 aliphatic carbocycles. The number of aliphatic imine (C=N–C) groups is 1. The van der Waals surface area contributed by atoms with E-state index in [1.165, 1.54) is 0 Å². The summed E-state index contributed by atoms with van der Waals surface area (Å²) < 4.78 is 5.01. The summed E-state index contributed by atoms with van der Waals surface area (Å²) in [6, 6.07) is 10.3. The van der Waals surface area contributed by atoms with Crippen molar-refractivity contribution in [3.8, 4) is 0 Å². The first-order chi connectivity index (χ1) is 11.7. The number of rotatable bonds is 5. The fourth-order valence-corrected chi connectivity index (χ4v) is 2.58. The van der Waals surface area contributed by atoms with Crippen LogP contribution in [0.4, 0.5) is 4.79 Å². The van der Waals surface area contributed by atoms with Crippen LogP contribution >= 0.6 is 0 Å². The van der Waals surface area contributed by atoms with Crippen LogP contribution in [0, 0.1) is 0 Å². The maximum Gasteiger partial charge on any atom is 0.409 e. The van der Waals surface area contributed by atoms with Crippen LogP contribution in [0.15, 0.2) is 41.4 Å². The molecule has 1 fully saturated rings. The van der Waals surface area contributed by atoms with E-state index in [9.17, 15) is 4.79 Å². The molecule has 0 radical (unpaired) electrons. The summed E-state index contributed by atoms with van der Waals surface area (Å²) >= 11 is 0. The summed E-state index contributed by atoms with van der Waals surface area (Å²) in [5.74, 6) is 0.447. The molecule has 1 aromatic carbocycles. The predicted molar refractivity (Wildman–Crippen MR) is 96.7 cm³/mol. The normalized spacial score (nSPS) is 16.4. The minimum Gasteiger partial charge on any atom is -0.450 e. The number of likely N-dealkylation sites (tertiary alicyclic amines) is 1. The molecule has 6 heteroatoms. The number of piperidine rings is 1. The minimum absolute atomic E-state index is 0.233. The van der Waals surface area contributed by atoms with E-state index in [-0.39, 0.29) is 12.1 Å². The number of ether oxygens (including phenoxy) is 1. The van der Waals surface area contributed by atoms with Gasteiger partial charge in [-0.3, -0.25) is 0 Å². The Kier molecular flexibility index (Phi) is 7.14. The number of guanidine groups is 1. The SMILES string of the molecule is CCOC(=O)N1CCC(NC(N)=NCC=Cc2ccccc2)CC1. The van der Waals surface area contributed by atoms with Gasteiger partial charge in [-0.05, 0) is 25.3 Å². The third-order valence-corrected chi connectivity index (χ3v) is 3.85. The molecule has 0 aromatic heterocycles. The number of hydrogen-bond donors (Lipinski definition) is 2. The van der Waals surface area contributed by atoms with Crippen molar-refractivity contribution in [1.82, 2.24) is 10.2 Å². The lowest BCUT2D eigenvalue weighted by Gasteiger charge is -2.31. The number of nitrogens with two attached hydrogens (primary N) is 1. The zero-order valence-electron chi connectivity index (χ0n) is 14.1. The van der Waals surface area contributed by atoms with Gasteiger partial charge < -0.3 is 20.7 Å². The maximum absolute atomic E-state index is 11.6. The van der Waals surface area contributed by atoms with Crippen LogP contribution in [-0.4, -0.2) is 49.2 Å². The molecule has 0 bridgehead atoms. The van der Waals surface area contributed by atoms with Crippen LogP contribution in [0.2, 0.25) is 0 Å².